The normalized spacial score (nSPS) is 10.6. The number of alkyl carbamates (subject to hydrolysis) is 1. The number of ether oxygens (including phenoxy) is 1. The minimum Gasteiger partial charge on any atom is -0.474 e. The summed E-state index contributed by atoms with van der Waals surface area (Å²) < 4.78 is 5.09. The molecular formula is C14H18N2O5. The standard InChI is InChI=1S/C14H18N2O5/c1-14(2,3)21-13(20)15-8-9-5-4-6-10(7-9)16-11(17)12(18)19/h4-7H,8H2,1-3H3,(H,15,20)(H,16,17)(H,18,19). The smallest absolute Gasteiger partial charge is 0.407 e. The maximum atomic E-state index is 11.5. The lowest BCUT2D eigenvalue weighted by molar-refractivity contribution is -0.147. The van der Waals surface area contributed by atoms with E-state index < -0.39 is 23.6 Å². The van der Waals surface area contributed by atoms with Crippen molar-refractivity contribution >= 4 is 23.7 Å². The highest BCUT2D eigenvalue weighted by molar-refractivity contribution is 6.36. The molecule has 1 rings (SSSR count). The second-order valence-corrected chi connectivity index (χ2v) is 5.32. The summed E-state index contributed by atoms with van der Waals surface area (Å²) in [5.41, 5.74) is 0.455. The van der Waals surface area contributed by atoms with Gasteiger partial charge in [-0.1, -0.05) is 12.1 Å². The third-order valence-electron chi connectivity index (χ3n) is 2.21. The Morgan fingerprint density at radius 1 is 1.24 bits per heavy atom. The van der Waals surface area contributed by atoms with Crippen LogP contribution in [0.2, 0.25) is 0 Å². The fraction of sp³-hybridized carbons (Fsp3) is 0.357. The Morgan fingerprint density at radius 3 is 2.48 bits per heavy atom. The lowest BCUT2D eigenvalue weighted by Crippen LogP contribution is -2.32. The number of hydrogen-bond acceptors (Lipinski definition) is 4. The highest BCUT2D eigenvalue weighted by Gasteiger charge is 2.16. The fourth-order valence-corrected chi connectivity index (χ4v) is 1.43. The van der Waals surface area contributed by atoms with E-state index >= 15 is 0 Å². The topological polar surface area (TPSA) is 105 Å². The van der Waals surface area contributed by atoms with Gasteiger partial charge >= 0.3 is 18.0 Å². The van der Waals surface area contributed by atoms with Crippen molar-refractivity contribution in [3.63, 3.8) is 0 Å². The zero-order valence-corrected chi connectivity index (χ0v) is 12.1. The zero-order chi connectivity index (χ0) is 16.0. The maximum Gasteiger partial charge on any atom is 0.407 e. The highest BCUT2D eigenvalue weighted by Crippen LogP contribution is 2.11. The van der Waals surface area contributed by atoms with Crippen LogP contribution in [0, 0.1) is 0 Å². The molecule has 1 aromatic rings. The first-order valence-electron chi connectivity index (χ1n) is 6.27. The van der Waals surface area contributed by atoms with Gasteiger partial charge in [0.15, 0.2) is 0 Å². The minimum absolute atomic E-state index is 0.200. The predicted octanol–water partition coefficient (Wildman–Crippen LogP) is 1.73. The van der Waals surface area contributed by atoms with Gasteiger partial charge in [-0.25, -0.2) is 9.59 Å². The molecule has 114 valence electrons. The molecule has 0 saturated heterocycles. The number of benzene rings is 1. The second-order valence-electron chi connectivity index (χ2n) is 5.32. The van der Waals surface area contributed by atoms with Crippen LogP contribution in [0.5, 0.6) is 0 Å². The molecule has 0 atom stereocenters. The molecule has 0 aliphatic rings. The van der Waals surface area contributed by atoms with Crippen molar-refractivity contribution in [3.05, 3.63) is 29.8 Å². The molecule has 3 N–H and O–H groups in total. The van der Waals surface area contributed by atoms with E-state index in [0.717, 1.165) is 0 Å². The SMILES string of the molecule is CC(C)(C)OC(=O)NCc1cccc(NC(=O)C(=O)O)c1. The number of carboxylic acid groups (broad SMARTS) is 1. The van der Waals surface area contributed by atoms with Gasteiger partial charge in [-0.3, -0.25) is 4.79 Å². The third kappa shape index (κ3) is 6.42. The Morgan fingerprint density at radius 2 is 1.90 bits per heavy atom. The largest absolute Gasteiger partial charge is 0.474 e. The molecule has 0 aromatic heterocycles. The van der Waals surface area contributed by atoms with E-state index in [2.05, 4.69) is 10.6 Å². The van der Waals surface area contributed by atoms with Gasteiger partial charge in [-0.15, -0.1) is 0 Å². The van der Waals surface area contributed by atoms with Crippen LogP contribution >= 0.6 is 0 Å². The molecule has 0 aliphatic carbocycles. The summed E-state index contributed by atoms with van der Waals surface area (Å²) >= 11 is 0. The van der Waals surface area contributed by atoms with Crippen LogP contribution in [0.4, 0.5) is 10.5 Å². The number of anilines is 1. The summed E-state index contributed by atoms with van der Waals surface area (Å²) in [5, 5.41) is 13.3. The van der Waals surface area contributed by atoms with Crippen molar-refractivity contribution in [1.29, 1.82) is 0 Å². The number of carboxylic acids is 1. The fourth-order valence-electron chi connectivity index (χ4n) is 1.43. The van der Waals surface area contributed by atoms with Crippen LogP contribution < -0.4 is 10.6 Å². The highest BCUT2D eigenvalue weighted by atomic mass is 16.6. The van der Waals surface area contributed by atoms with Gasteiger partial charge in [0.05, 0.1) is 0 Å². The van der Waals surface area contributed by atoms with Crippen LogP contribution in [0.1, 0.15) is 26.3 Å². The molecule has 0 radical (unpaired) electrons. The Labute approximate surface area is 122 Å². The first-order valence-corrected chi connectivity index (χ1v) is 6.27. The molecule has 1 aromatic carbocycles. The Bertz CT molecular complexity index is 549. The molecule has 0 bridgehead atoms. The Hall–Kier alpha value is -2.57. The molecule has 0 saturated carbocycles. The first kappa shape index (κ1) is 16.5. The molecule has 0 aliphatic heterocycles. The average molecular weight is 294 g/mol. The number of rotatable bonds is 3. The lowest BCUT2D eigenvalue weighted by atomic mass is 10.2. The van der Waals surface area contributed by atoms with Crippen molar-refractivity contribution in [2.75, 3.05) is 5.32 Å². The Balaban J connectivity index is 2.59. The van der Waals surface area contributed by atoms with Crippen LogP contribution in [0.25, 0.3) is 0 Å². The summed E-state index contributed by atoms with van der Waals surface area (Å²) in [6.45, 7) is 5.48. The number of amides is 2. The monoisotopic (exact) mass is 294 g/mol. The molecular weight excluding hydrogens is 276 g/mol. The van der Waals surface area contributed by atoms with Gasteiger partial charge < -0.3 is 20.5 Å². The predicted molar refractivity (Wildman–Crippen MR) is 75.8 cm³/mol. The number of nitrogens with one attached hydrogen (secondary N) is 2. The quantitative estimate of drug-likeness (QED) is 0.736. The molecule has 0 unspecified atom stereocenters. The number of carbonyl (C=O) groups excluding carboxylic acids is 2. The van der Waals surface area contributed by atoms with E-state index in [1.165, 1.54) is 0 Å². The summed E-state index contributed by atoms with van der Waals surface area (Å²) in [4.78, 5) is 33.0. The van der Waals surface area contributed by atoms with Crippen molar-refractivity contribution in [2.45, 2.75) is 32.9 Å². The van der Waals surface area contributed by atoms with Gasteiger partial charge in [-0.2, -0.15) is 0 Å². The van der Waals surface area contributed by atoms with Gasteiger partial charge in [0.1, 0.15) is 5.60 Å². The van der Waals surface area contributed by atoms with E-state index in [-0.39, 0.29) is 6.54 Å². The number of hydrogen-bond donors (Lipinski definition) is 3. The molecule has 7 nitrogen and oxygen atoms in total. The molecule has 2 amide bonds. The molecule has 0 spiro atoms. The summed E-state index contributed by atoms with van der Waals surface area (Å²) in [5.74, 6) is -2.68. The summed E-state index contributed by atoms with van der Waals surface area (Å²) in [7, 11) is 0. The van der Waals surface area contributed by atoms with E-state index in [1.54, 1.807) is 45.0 Å². The molecule has 21 heavy (non-hydrogen) atoms. The lowest BCUT2D eigenvalue weighted by Gasteiger charge is -2.19. The van der Waals surface area contributed by atoms with E-state index in [9.17, 15) is 14.4 Å². The van der Waals surface area contributed by atoms with Gasteiger partial charge in [0.25, 0.3) is 0 Å². The molecule has 7 heteroatoms. The van der Waals surface area contributed by atoms with E-state index in [0.29, 0.717) is 11.3 Å². The van der Waals surface area contributed by atoms with E-state index in [1.807, 2.05) is 0 Å². The first-order chi connectivity index (χ1) is 9.67. The van der Waals surface area contributed by atoms with Crippen molar-refractivity contribution in [1.82, 2.24) is 5.32 Å². The average Bonchev–Trinajstić information content (AvgIpc) is 2.34. The van der Waals surface area contributed by atoms with Gasteiger partial charge in [0.2, 0.25) is 0 Å². The third-order valence-corrected chi connectivity index (χ3v) is 2.21. The second kappa shape index (κ2) is 6.74. The molecule has 0 fully saturated rings. The van der Waals surface area contributed by atoms with Crippen LogP contribution in [-0.4, -0.2) is 28.7 Å². The van der Waals surface area contributed by atoms with E-state index in [4.69, 9.17) is 9.84 Å². The summed E-state index contributed by atoms with van der Waals surface area (Å²) in [6.07, 6.45) is -0.553. The van der Waals surface area contributed by atoms with Crippen LogP contribution in [-0.2, 0) is 20.9 Å². The van der Waals surface area contributed by atoms with Gasteiger partial charge in [0, 0.05) is 12.2 Å². The Kier molecular flexibility index (Phi) is 5.29. The molecule has 0 heterocycles. The van der Waals surface area contributed by atoms with Crippen molar-refractivity contribution in [2.24, 2.45) is 0 Å². The van der Waals surface area contributed by atoms with Crippen LogP contribution in [0.15, 0.2) is 24.3 Å². The zero-order valence-electron chi connectivity index (χ0n) is 12.1. The van der Waals surface area contributed by atoms with Gasteiger partial charge in [-0.05, 0) is 38.5 Å². The maximum absolute atomic E-state index is 11.5. The van der Waals surface area contributed by atoms with Crippen molar-refractivity contribution in [3.8, 4) is 0 Å². The van der Waals surface area contributed by atoms with Crippen LogP contribution in [0.3, 0.4) is 0 Å². The van der Waals surface area contributed by atoms with Crippen molar-refractivity contribution < 1.29 is 24.2 Å². The number of aliphatic carboxylic acids is 1. The summed E-state index contributed by atoms with van der Waals surface area (Å²) in [6, 6.07) is 6.49. The number of carbonyl (C=O) groups is 3. The minimum atomic E-state index is -1.56.